The molecule has 20 heavy (non-hydrogen) atoms. The third-order valence-electron chi connectivity index (χ3n) is 3.90. The molecule has 2 nitrogen and oxygen atoms in total. The van der Waals surface area contributed by atoms with E-state index in [1.165, 1.54) is 24.0 Å². The third kappa shape index (κ3) is 3.07. The molecule has 2 radical (unpaired) electrons. The van der Waals surface area contributed by atoms with E-state index in [4.69, 9.17) is 4.74 Å². The molecule has 1 heterocycles. The van der Waals surface area contributed by atoms with E-state index in [0.29, 0.717) is 5.41 Å². The van der Waals surface area contributed by atoms with Crippen LogP contribution in [0, 0.1) is 12.3 Å². The van der Waals surface area contributed by atoms with Crippen molar-refractivity contribution in [2.75, 3.05) is 6.61 Å². The van der Waals surface area contributed by atoms with Gasteiger partial charge in [-0.3, -0.25) is 0 Å². The van der Waals surface area contributed by atoms with Gasteiger partial charge in [0.05, 0.1) is 0 Å². The van der Waals surface area contributed by atoms with Crippen LogP contribution in [0.5, 0.6) is 5.75 Å². The number of benzene rings is 1. The monoisotopic (exact) mass is 327 g/mol. The van der Waals surface area contributed by atoms with Crippen LogP contribution < -0.4 is 4.74 Å². The fourth-order valence-electron chi connectivity index (χ4n) is 2.24. The number of nitrogens with zero attached hydrogens (tertiary/aromatic N) is 1. The van der Waals surface area contributed by atoms with E-state index in [0.717, 1.165) is 23.1 Å². The van der Waals surface area contributed by atoms with Crippen molar-refractivity contribution in [2.24, 2.45) is 5.41 Å². The molecular formula is C17H18AsNO. The number of aryl methyl sites for hydroxylation is 1. The number of aromatic nitrogens is 1. The van der Waals surface area contributed by atoms with Gasteiger partial charge in [-0.15, -0.1) is 0 Å². The molecule has 3 rings (SSSR count). The summed E-state index contributed by atoms with van der Waals surface area (Å²) < 4.78 is 5.94. The summed E-state index contributed by atoms with van der Waals surface area (Å²) in [6.45, 7) is 2.91. The SMILES string of the molecule is Cc1cccc(-c2cncc(OCC3(C[As])CC3)c2)c1. The van der Waals surface area contributed by atoms with Gasteiger partial charge in [0, 0.05) is 0 Å². The average molecular weight is 327 g/mol. The van der Waals surface area contributed by atoms with E-state index in [2.05, 4.69) is 59.1 Å². The van der Waals surface area contributed by atoms with Crippen molar-refractivity contribution in [3.05, 3.63) is 48.3 Å². The normalized spacial score (nSPS) is 15.9. The zero-order chi connectivity index (χ0) is 14.0. The summed E-state index contributed by atoms with van der Waals surface area (Å²) in [5.74, 6) is 0.872. The van der Waals surface area contributed by atoms with E-state index >= 15 is 0 Å². The first kappa shape index (κ1) is 13.7. The van der Waals surface area contributed by atoms with Gasteiger partial charge in [0.15, 0.2) is 0 Å². The minimum atomic E-state index is 0.416. The fraction of sp³-hybridized carbons (Fsp3) is 0.353. The Morgan fingerprint density at radius 2 is 2.05 bits per heavy atom. The molecule has 3 heteroatoms. The van der Waals surface area contributed by atoms with Crippen molar-refractivity contribution in [2.45, 2.75) is 25.0 Å². The molecule has 0 bridgehead atoms. The van der Waals surface area contributed by atoms with Crippen molar-refractivity contribution < 1.29 is 4.74 Å². The van der Waals surface area contributed by atoms with Crippen molar-refractivity contribution in [1.29, 1.82) is 0 Å². The first-order valence-corrected chi connectivity index (χ1v) is 8.29. The van der Waals surface area contributed by atoms with Gasteiger partial charge < -0.3 is 0 Å². The predicted molar refractivity (Wildman–Crippen MR) is 82.1 cm³/mol. The van der Waals surface area contributed by atoms with E-state index in [1.54, 1.807) is 6.20 Å². The van der Waals surface area contributed by atoms with Crippen LogP contribution >= 0.6 is 0 Å². The molecule has 1 aliphatic rings. The molecule has 0 amide bonds. The molecule has 1 fully saturated rings. The number of pyridine rings is 1. The number of rotatable bonds is 5. The minimum absolute atomic E-state index is 0.416. The van der Waals surface area contributed by atoms with Gasteiger partial charge in [-0.25, -0.2) is 0 Å². The summed E-state index contributed by atoms with van der Waals surface area (Å²) >= 11 is 2.69. The first-order chi connectivity index (χ1) is 9.71. The van der Waals surface area contributed by atoms with Gasteiger partial charge >= 0.3 is 129 Å². The topological polar surface area (TPSA) is 22.1 Å². The Labute approximate surface area is 129 Å². The second-order valence-corrected chi connectivity index (χ2v) is 6.39. The Morgan fingerprint density at radius 1 is 1.20 bits per heavy atom. The number of ether oxygens (including phenoxy) is 1. The fourth-order valence-corrected chi connectivity index (χ4v) is 3.10. The maximum absolute atomic E-state index is 5.94. The van der Waals surface area contributed by atoms with Crippen molar-refractivity contribution in [1.82, 2.24) is 4.98 Å². The summed E-state index contributed by atoms with van der Waals surface area (Å²) in [5, 5.41) is 1.14. The molecular weight excluding hydrogens is 309 g/mol. The summed E-state index contributed by atoms with van der Waals surface area (Å²) in [6, 6.07) is 10.6. The van der Waals surface area contributed by atoms with E-state index in [-0.39, 0.29) is 0 Å². The zero-order valence-corrected chi connectivity index (χ0v) is 13.5. The Morgan fingerprint density at radius 3 is 2.75 bits per heavy atom. The summed E-state index contributed by atoms with van der Waals surface area (Å²) in [6.07, 6.45) is 6.27. The van der Waals surface area contributed by atoms with Crippen molar-refractivity contribution in [3.63, 3.8) is 0 Å². The zero-order valence-electron chi connectivity index (χ0n) is 11.7. The second kappa shape index (κ2) is 5.61. The van der Waals surface area contributed by atoms with Gasteiger partial charge in [0.2, 0.25) is 0 Å². The molecule has 0 unspecified atom stereocenters. The molecule has 2 aromatic rings. The number of hydrogen-bond acceptors (Lipinski definition) is 2. The van der Waals surface area contributed by atoms with Gasteiger partial charge in [0.25, 0.3) is 0 Å². The van der Waals surface area contributed by atoms with Crippen LogP contribution in [0.3, 0.4) is 0 Å². The van der Waals surface area contributed by atoms with Gasteiger partial charge in [-0.1, -0.05) is 0 Å². The van der Waals surface area contributed by atoms with E-state index < -0.39 is 0 Å². The molecule has 1 saturated carbocycles. The Bertz CT molecular complexity index is 607. The van der Waals surface area contributed by atoms with Crippen LogP contribution in [0.2, 0.25) is 5.21 Å². The van der Waals surface area contributed by atoms with Crippen LogP contribution in [0.25, 0.3) is 11.1 Å². The Hall–Kier alpha value is -1.27. The standard InChI is InChI=1S/C17H18AsNO/c1-13-3-2-4-14(7-13)15-8-16(10-19-9-15)20-12-17(11-18)5-6-17/h2-4,7-10H,5-6,11-12H2,1H3. The molecule has 0 aliphatic heterocycles. The molecule has 102 valence electrons. The van der Waals surface area contributed by atoms with Crippen LogP contribution in [0.4, 0.5) is 0 Å². The molecule has 0 saturated heterocycles. The molecule has 1 aliphatic carbocycles. The molecule has 1 aromatic carbocycles. The van der Waals surface area contributed by atoms with Crippen LogP contribution in [0.15, 0.2) is 42.7 Å². The molecule has 0 atom stereocenters. The molecule has 0 N–H and O–H groups in total. The second-order valence-electron chi connectivity index (χ2n) is 5.73. The van der Waals surface area contributed by atoms with E-state index in [1.807, 2.05) is 6.20 Å². The Balaban J connectivity index is 1.76. The molecule has 0 spiro atoms. The van der Waals surface area contributed by atoms with Crippen LogP contribution in [-0.2, 0) is 0 Å². The van der Waals surface area contributed by atoms with Gasteiger partial charge in [0.1, 0.15) is 0 Å². The summed E-state index contributed by atoms with van der Waals surface area (Å²) in [7, 11) is 0. The summed E-state index contributed by atoms with van der Waals surface area (Å²) in [4.78, 5) is 4.31. The van der Waals surface area contributed by atoms with Gasteiger partial charge in [-0.2, -0.15) is 0 Å². The predicted octanol–water partition coefficient (Wildman–Crippen LogP) is 3.80. The maximum atomic E-state index is 5.94. The van der Waals surface area contributed by atoms with E-state index in [9.17, 15) is 0 Å². The van der Waals surface area contributed by atoms with Crippen molar-refractivity contribution >= 4 is 16.9 Å². The third-order valence-corrected chi connectivity index (χ3v) is 5.31. The van der Waals surface area contributed by atoms with Crippen LogP contribution in [-0.4, -0.2) is 28.4 Å². The Kier molecular flexibility index (Phi) is 3.85. The quantitative estimate of drug-likeness (QED) is 0.779. The van der Waals surface area contributed by atoms with Crippen molar-refractivity contribution in [3.8, 4) is 16.9 Å². The van der Waals surface area contributed by atoms with Crippen LogP contribution in [0.1, 0.15) is 18.4 Å². The number of hydrogen-bond donors (Lipinski definition) is 0. The van der Waals surface area contributed by atoms with Gasteiger partial charge in [-0.05, 0) is 0 Å². The average Bonchev–Trinajstić information content (AvgIpc) is 3.26. The summed E-state index contributed by atoms with van der Waals surface area (Å²) in [5.41, 5.74) is 3.98. The first-order valence-electron chi connectivity index (χ1n) is 6.97. The molecule has 1 aromatic heterocycles.